The topological polar surface area (TPSA) is 108 Å². The predicted molar refractivity (Wildman–Crippen MR) is 139 cm³/mol. The Balaban J connectivity index is 1.58. The average molecular weight is 526 g/mol. The molecule has 0 aliphatic carbocycles. The molecule has 2 unspecified atom stereocenters. The average Bonchev–Trinajstić information content (AvgIpc) is 3.52. The Morgan fingerprint density at radius 2 is 1.84 bits per heavy atom. The maximum atomic E-state index is 14.2. The highest BCUT2D eigenvalue weighted by Crippen LogP contribution is 2.64. The van der Waals surface area contributed by atoms with Gasteiger partial charge in [0, 0.05) is 17.8 Å². The van der Waals surface area contributed by atoms with Crippen molar-refractivity contribution in [2.75, 3.05) is 19.0 Å². The SMILES string of the molecule is CC[C@]12CCC3(O1)C(C(=O)Nc1ccc(Cl)cc1)N([C@@H](CO)Cc1ccccc1)C(=O)[C@@H]3[C@H]2C(=O)NC. The minimum absolute atomic E-state index is 0.260. The molecule has 0 saturated carbocycles. The van der Waals surface area contributed by atoms with Crippen molar-refractivity contribution in [3.63, 3.8) is 0 Å². The molecule has 6 atom stereocenters. The Morgan fingerprint density at radius 1 is 1.14 bits per heavy atom. The first kappa shape index (κ1) is 25.7. The first-order chi connectivity index (χ1) is 17.8. The zero-order valence-electron chi connectivity index (χ0n) is 20.9. The summed E-state index contributed by atoms with van der Waals surface area (Å²) in [5.41, 5.74) is -0.505. The lowest BCUT2D eigenvalue weighted by Gasteiger charge is -2.37. The van der Waals surface area contributed by atoms with E-state index in [0.717, 1.165) is 5.56 Å². The minimum Gasteiger partial charge on any atom is -0.394 e. The van der Waals surface area contributed by atoms with Crippen LogP contribution in [0.15, 0.2) is 54.6 Å². The second-order valence-corrected chi connectivity index (χ2v) is 10.7. The lowest BCUT2D eigenvalue weighted by molar-refractivity contribution is -0.149. The number of aliphatic hydroxyl groups excluding tert-OH is 1. The molecule has 3 heterocycles. The quantitative estimate of drug-likeness (QED) is 0.491. The summed E-state index contributed by atoms with van der Waals surface area (Å²) in [7, 11) is 1.55. The van der Waals surface area contributed by atoms with Crippen LogP contribution in [-0.4, -0.2) is 64.7 Å². The molecule has 5 rings (SSSR count). The number of benzene rings is 2. The standard InChI is InChI=1S/C28H32ClN3O5/c1-3-27-13-14-28(37-27)22(21(27)24(34)30-2)26(36)32(20(16-33)15-17-7-5-4-6-8-17)23(28)25(35)31-19-11-9-18(29)10-12-19/h4-12,20-23,33H,3,13-16H2,1-2H3,(H,30,34)(H,31,35)/t20-,21+,22+,23?,27-,28?/m1/s1. The van der Waals surface area contributed by atoms with Crippen LogP contribution in [0.25, 0.3) is 0 Å². The smallest absolute Gasteiger partial charge is 0.250 e. The van der Waals surface area contributed by atoms with Gasteiger partial charge in [0.25, 0.3) is 0 Å². The van der Waals surface area contributed by atoms with E-state index in [1.54, 1.807) is 31.3 Å². The van der Waals surface area contributed by atoms with Gasteiger partial charge in [-0.3, -0.25) is 14.4 Å². The van der Waals surface area contributed by atoms with E-state index in [0.29, 0.717) is 36.4 Å². The van der Waals surface area contributed by atoms with E-state index >= 15 is 0 Å². The molecular formula is C28H32ClN3O5. The maximum absolute atomic E-state index is 14.2. The lowest BCUT2D eigenvalue weighted by atomic mass is 9.65. The summed E-state index contributed by atoms with van der Waals surface area (Å²) >= 11 is 6.02. The summed E-state index contributed by atoms with van der Waals surface area (Å²) in [6, 6.07) is 14.6. The molecule has 8 nitrogen and oxygen atoms in total. The molecule has 3 saturated heterocycles. The highest BCUT2D eigenvalue weighted by atomic mass is 35.5. The van der Waals surface area contributed by atoms with Crippen molar-refractivity contribution < 1.29 is 24.2 Å². The summed E-state index contributed by atoms with van der Waals surface area (Å²) in [5, 5.41) is 16.7. The molecule has 1 spiro atoms. The van der Waals surface area contributed by atoms with E-state index in [2.05, 4.69) is 10.6 Å². The fourth-order valence-electron chi connectivity index (χ4n) is 6.78. The molecule has 196 valence electrons. The Hall–Kier alpha value is -2.94. The first-order valence-electron chi connectivity index (χ1n) is 12.8. The van der Waals surface area contributed by atoms with E-state index in [1.807, 2.05) is 37.3 Å². The third kappa shape index (κ3) is 4.02. The van der Waals surface area contributed by atoms with Gasteiger partial charge < -0.3 is 25.4 Å². The molecule has 2 bridgehead atoms. The maximum Gasteiger partial charge on any atom is 0.250 e. The zero-order chi connectivity index (χ0) is 26.4. The van der Waals surface area contributed by atoms with Crippen LogP contribution in [0.3, 0.4) is 0 Å². The summed E-state index contributed by atoms with van der Waals surface area (Å²) in [6.07, 6.45) is 1.96. The highest BCUT2D eigenvalue weighted by molar-refractivity contribution is 6.30. The van der Waals surface area contributed by atoms with E-state index < -0.39 is 41.0 Å². The fourth-order valence-corrected chi connectivity index (χ4v) is 6.91. The van der Waals surface area contributed by atoms with E-state index in [4.69, 9.17) is 16.3 Å². The van der Waals surface area contributed by atoms with Crippen molar-refractivity contribution >= 4 is 35.0 Å². The molecule has 2 aromatic carbocycles. The lowest BCUT2D eigenvalue weighted by Crippen LogP contribution is -2.57. The molecule has 0 radical (unpaired) electrons. The number of carbonyl (C=O) groups excluding carboxylic acids is 3. The normalized spacial score (nSPS) is 30.8. The van der Waals surface area contributed by atoms with Gasteiger partial charge in [0.05, 0.1) is 30.1 Å². The number of anilines is 1. The second kappa shape index (κ2) is 9.74. The summed E-state index contributed by atoms with van der Waals surface area (Å²) < 4.78 is 6.71. The van der Waals surface area contributed by atoms with Gasteiger partial charge in [-0.1, -0.05) is 48.9 Å². The van der Waals surface area contributed by atoms with Crippen LogP contribution in [0.2, 0.25) is 5.02 Å². The Kier molecular flexibility index (Phi) is 6.77. The van der Waals surface area contributed by atoms with Crippen molar-refractivity contribution in [3.8, 4) is 0 Å². The Morgan fingerprint density at radius 3 is 2.46 bits per heavy atom. The van der Waals surface area contributed by atoms with Crippen LogP contribution < -0.4 is 10.6 Å². The van der Waals surface area contributed by atoms with Gasteiger partial charge >= 0.3 is 0 Å². The van der Waals surface area contributed by atoms with Gasteiger partial charge in [-0.15, -0.1) is 0 Å². The number of ether oxygens (including phenoxy) is 1. The van der Waals surface area contributed by atoms with Crippen molar-refractivity contribution in [2.24, 2.45) is 11.8 Å². The highest BCUT2D eigenvalue weighted by Gasteiger charge is 2.79. The number of hydrogen-bond acceptors (Lipinski definition) is 5. The molecule has 0 aromatic heterocycles. The second-order valence-electron chi connectivity index (χ2n) is 10.2. The van der Waals surface area contributed by atoms with E-state index in [9.17, 15) is 19.5 Å². The van der Waals surface area contributed by atoms with Gasteiger partial charge in [-0.05, 0) is 55.5 Å². The van der Waals surface area contributed by atoms with Crippen LogP contribution >= 0.6 is 11.6 Å². The number of carbonyl (C=O) groups is 3. The molecule has 3 aliphatic rings. The van der Waals surface area contributed by atoms with Gasteiger partial charge in [-0.2, -0.15) is 0 Å². The number of amides is 3. The fraction of sp³-hybridized carbons (Fsp3) is 0.464. The molecule has 3 amide bonds. The van der Waals surface area contributed by atoms with E-state index in [1.165, 1.54) is 4.90 Å². The van der Waals surface area contributed by atoms with Crippen LogP contribution in [-0.2, 0) is 25.5 Å². The predicted octanol–water partition coefficient (Wildman–Crippen LogP) is 2.78. The van der Waals surface area contributed by atoms with Gasteiger partial charge in [-0.25, -0.2) is 0 Å². The molecule has 9 heteroatoms. The number of likely N-dealkylation sites (tertiary alicyclic amines) is 1. The largest absolute Gasteiger partial charge is 0.394 e. The molecule has 3 fully saturated rings. The van der Waals surface area contributed by atoms with Crippen molar-refractivity contribution in [1.82, 2.24) is 10.2 Å². The van der Waals surface area contributed by atoms with Gasteiger partial charge in [0.1, 0.15) is 11.6 Å². The number of halogens is 1. The third-order valence-corrected chi connectivity index (χ3v) is 8.68. The zero-order valence-corrected chi connectivity index (χ0v) is 21.7. The first-order valence-corrected chi connectivity index (χ1v) is 13.1. The monoisotopic (exact) mass is 525 g/mol. The summed E-state index contributed by atoms with van der Waals surface area (Å²) in [4.78, 5) is 42.9. The molecular weight excluding hydrogens is 494 g/mol. The summed E-state index contributed by atoms with van der Waals surface area (Å²) in [6.45, 7) is 1.62. The Bertz CT molecular complexity index is 1190. The van der Waals surface area contributed by atoms with Crippen LogP contribution in [0, 0.1) is 11.8 Å². The number of hydrogen-bond donors (Lipinski definition) is 3. The number of aliphatic hydroxyl groups is 1. The van der Waals surface area contributed by atoms with Crippen LogP contribution in [0.4, 0.5) is 5.69 Å². The third-order valence-electron chi connectivity index (χ3n) is 8.43. The Labute approximate surface area is 221 Å². The minimum atomic E-state index is -1.16. The van der Waals surface area contributed by atoms with Crippen molar-refractivity contribution in [2.45, 2.75) is 55.9 Å². The molecule has 3 aliphatic heterocycles. The van der Waals surface area contributed by atoms with Gasteiger partial charge in [0.2, 0.25) is 17.7 Å². The molecule has 2 aromatic rings. The van der Waals surface area contributed by atoms with Gasteiger partial charge in [0.15, 0.2) is 0 Å². The number of nitrogens with zero attached hydrogens (tertiary/aromatic N) is 1. The van der Waals surface area contributed by atoms with Crippen LogP contribution in [0.1, 0.15) is 31.7 Å². The molecule has 37 heavy (non-hydrogen) atoms. The number of rotatable bonds is 8. The summed E-state index contributed by atoms with van der Waals surface area (Å²) in [5.74, 6) is -2.52. The number of fused-ring (bicyclic) bond motifs is 1. The van der Waals surface area contributed by atoms with E-state index in [-0.39, 0.29) is 18.4 Å². The number of nitrogens with one attached hydrogen (secondary N) is 2. The van der Waals surface area contributed by atoms with Crippen LogP contribution in [0.5, 0.6) is 0 Å². The molecule has 3 N–H and O–H groups in total. The van der Waals surface area contributed by atoms with Crippen molar-refractivity contribution in [1.29, 1.82) is 0 Å². The van der Waals surface area contributed by atoms with Crippen molar-refractivity contribution in [3.05, 3.63) is 65.2 Å².